The van der Waals surface area contributed by atoms with Crippen molar-refractivity contribution < 1.29 is 0 Å². The maximum absolute atomic E-state index is 6.08. The van der Waals surface area contributed by atoms with Gasteiger partial charge in [-0.05, 0) is 18.1 Å². The van der Waals surface area contributed by atoms with Crippen molar-refractivity contribution in [3.8, 4) is 0 Å². The number of imidazole rings is 1. The van der Waals surface area contributed by atoms with Crippen molar-refractivity contribution in [3.63, 3.8) is 0 Å². The van der Waals surface area contributed by atoms with Crippen molar-refractivity contribution >= 4 is 17.2 Å². The minimum absolute atomic E-state index is 0.703. The predicted molar refractivity (Wildman–Crippen MR) is 74.0 cm³/mol. The fourth-order valence-electron chi connectivity index (χ4n) is 2.71. The van der Waals surface area contributed by atoms with Crippen LogP contribution in [0.1, 0.15) is 25.2 Å². The van der Waals surface area contributed by atoms with E-state index in [9.17, 15) is 0 Å². The Morgan fingerprint density at radius 2 is 2.22 bits per heavy atom. The van der Waals surface area contributed by atoms with Gasteiger partial charge in [0.15, 0.2) is 0 Å². The average molecular weight is 264 g/mol. The lowest BCUT2D eigenvalue weighted by Crippen LogP contribution is -2.33. The molecule has 0 aromatic carbocycles. The number of pyridine rings is 1. The Kier molecular flexibility index (Phi) is 3.04. The number of hydrogen-bond acceptors (Lipinski definition) is 2. The Morgan fingerprint density at radius 3 is 3.00 bits per heavy atom. The Bertz CT molecular complexity index is 574. The van der Waals surface area contributed by atoms with Gasteiger partial charge < -0.3 is 4.40 Å². The van der Waals surface area contributed by atoms with E-state index in [1.807, 2.05) is 18.3 Å². The molecule has 0 radical (unpaired) electrons. The minimum Gasteiger partial charge on any atom is -0.301 e. The van der Waals surface area contributed by atoms with E-state index < -0.39 is 0 Å². The minimum atomic E-state index is 0.703. The molecular weight excluding hydrogens is 246 g/mol. The summed E-state index contributed by atoms with van der Waals surface area (Å²) < 4.78 is 2.14. The van der Waals surface area contributed by atoms with Crippen LogP contribution in [-0.2, 0) is 13.0 Å². The lowest BCUT2D eigenvalue weighted by atomic mass is 10.1. The maximum atomic E-state index is 6.08. The van der Waals surface area contributed by atoms with Crippen molar-refractivity contribution in [1.82, 2.24) is 14.3 Å². The lowest BCUT2D eigenvalue weighted by molar-refractivity contribution is 0.222. The molecule has 0 spiro atoms. The second-order valence-corrected chi connectivity index (χ2v) is 5.90. The molecular formula is C14H18ClN3. The fraction of sp³-hybridized carbons (Fsp3) is 0.500. The summed E-state index contributed by atoms with van der Waals surface area (Å²) in [6.45, 7) is 7.77. The molecule has 0 unspecified atom stereocenters. The number of nitrogens with zero attached hydrogens (tertiary/aromatic N) is 3. The molecule has 18 heavy (non-hydrogen) atoms. The standard InChI is InChI=1S/C14H18ClN3/c1-10(2)7-17-6-5-12-13(9-17)18-8-11(15)3-4-14(18)16-12/h3-4,8,10H,5-7,9H2,1-2H3. The molecule has 3 rings (SSSR count). The van der Waals surface area contributed by atoms with Crippen LogP contribution in [0.25, 0.3) is 5.65 Å². The molecule has 3 nitrogen and oxygen atoms in total. The second kappa shape index (κ2) is 4.56. The van der Waals surface area contributed by atoms with Crippen LogP contribution >= 0.6 is 11.6 Å². The Balaban J connectivity index is 1.98. The third-order valence-electron chi connectivity index (χ3n) is 3.43. The molecule has 1 aliphatic heterocycles. The van der Waals surface area contributed by atoms with Crippen LogP contribution in [0, 0.1) is 5.92 Å². The summed E-state index contributed by atoms with van der Waals surface area (Å²) in [6, 6.07) is 3.90. The van der Waals surface area contributed by atoms with Gasteiger partial charge in [-0.25, -0.2) is 4.98 Å². The monoisotopic (exact) mass is 263 g/mol. The maximum Gasteiger partial charge on any atom is 0.137 e. The van der Waals surface area contributed by atoms with E-state index in [1.54, 1.807) is 0 Å². The normalized spacial score (nSPS) is 16.4. The van der Waals surface area contributed by atoms with Gasteiger partial charge in [-0.3, -0.25) is 4.90 Å². The van der Waals surface area contributed by atoms with E-state index in [0.29, 0.717) is 5.92 Å². The third kappa shape index (κ3) is 2.13. The largest absolute Gasteiger partial charge is 0.301 e. The number of aromatic nitrogens is 2. The molecule has 0 saturated carbocycles. The number of rotatable bonds is 2. The summed E-state index contributed by atoms with van der Waals surface area (Å²) in [5.74, 6) is 0.703. The smallest absolute Gasteiger partial charge is 0.137 e. The van der Waals surface area contributed by atoms with Gasteiger partial charge in [0.2, 0.25) is 0 Å². The highest BCUT2D eigenvalue weighted by atomic mass is 35.5. The van der Waals surface area contributed by atoms with Gasteiger partial charge in [0.25, 0.3) is 0 Å². The zero-order chi connectivity index (χ0) is 12.7. The molecule has 0 bridgehead atoms. The van der Waals surface area contributed by atoms with Gasteiger partial charge in [0.1, 0.15) is 5.65 Å². The summed E-state index contributed by atoms with van der Waals surface area (Å²) in [6.07, 6.45) is 3.02. The van der Waals surface area contributed by atoms with Gasteiger partial charge in [-0.15, -0.1) is 0 Å². The summed E-state index contributed by atoms with van der Waals surface area (Å²) in [5.41, 5.74) is 3.55. The van der Waals surface area contributed by atoms with E-state index in [0.717, 1.165) is 36.7 Å². The van der Waals surface area contributed by atoms with Crippen LogP contribution < -0.4 is 0 Å². The van der Waals surface area contributed by atoms with Crippen LogP contribution in [0.4, 0.5) is 0 Å². The highest BCUT2D eigenvalue weighted by molar-refractivity contribution is 6.30. The van der Waals surface area contributed by atoms with E-state index >= 15 is 0 Å². The third-order valence-corrected chi connectivity index (χ3v) is 3.65. The quantitative estimate of drug-likeness (QED) is 0.830. The SMILES string of the molecule is CC(C)CN1CCc2nc3ccc(Cl)cn3c2C1. The summed E-state index contributed by atoms with van der Waals surface area (Å²) in [7, 11) is 0. The Morgan fingerprint density at radius 1 is 1.39 bits per heavy atom. The molecule has 96 valence electrons. The van der Waals surface area contributed by atoms with Crippen molar-refractivity contribution in [3.05, 3.63) is 34.7 Å². The van der Waals surface area contributed by atoms with E-state index in [2.05, 4.69) is 28.1 Å². The van der Waals surface area contributed by atoms with Crippen LogP contribution in [0.3, 0.4) is 0 Å². The molecule has 3 heterocycles. The van der Waals surface area contributed by atoms with Crippen LogP contribution in [0.5, 0.6) is 0 Å². The van der Waals surface area contributed by atoms with Crippen molar-refractivity contribution in [1.29, 1.82) is 0 Å². The van der Waals surface area contributed by atoms with Gasteiger partial charge in [-0.1, -0.05) is 25.4 Å². The van der Waals surface area contributed by atoms with E-state index in [1.165, 1.54) is 11.4 Å². The molecule has 0 amide bonds. The molecule has 2 aromatic rings. The highest BCUT2D eigenvalue weighted by Crippen LogP contribution is 2.22. The summed E-state index contributed by atoms with van der Waals surface area (Å²) >= 11 is 6.08. The number of hydrogen-bond donors (Lipinski definition) is 0. The first-order valence-corrected chi connectivity index (χ1v) is 6.89. The van der Waals surface area contributed by atoms with Crippen molar-refractivity contribution in [2.75, 3.05) is 13.1 Å². The van der Waals surface area contributed by atoms with Gasteiger partial charge in [0.05, 0.1) is 16.4 Å². The zero-order valence-electron chi connectivity index (χ0n) is 10.9. The molecule has 2 aromatic heterocycles. The predicted octanol–water partition coefficient (Wildman–Crippen LogP) is 3.00. The molecule has 0 N–H and O–H groups in total. The molecule has 0 saturated heterocycles. The first-order chi connectivity index (χ1) is 8.63. The fourth-order valence-corrected chi connectivity index (χ4v) is 2.87. The summed E-state index contributed by atoms with van der Waals surface area (Å²) in [4.78, 5) is 7.19. The van der Waals surface area contributed by atoms with E-state index in [-0.39, 0.29) is 0 Å². The van der Waals surface area contributed by atoms with Gasteiger partial charge >= 0.3 is 0 Å². The first-order valence-electron chi connectivity index (χ1n) is 6.51. The van der Waals surface area contributed by atoms with Gasteiger partial charge in [-0.2, -0.15) is 0 Å². The molecule has 1 aliphatic rings. The first kappa shape index (κ1) is 12.0. The van der Waals surface area contributed by atoms with Crippen molar-refractivity contribution in [2.24, 2.45) is 5.92 Å². The highest BCUT2D eigenvalue weighted by Gasteiger charge is 2.21. The summed E-state index contributed by atoms with van der Waals surface area (Å²) in [5, 5.41) is 0.767. The molecule has 0 aliphatic carbocycles. The van der Waals surface area contributed by atoms with Gasteiger partial charge in [0, 0.05) is 32.3 Å². The van der Waals surface area contributed by atoms with Crippen LogP contribution in [0.2, 0.25) is 5.02 Å². The Labute approximate surface area is 112 Å². The van der Waals surface area contributed by atoms with Crippen LogP contribution in [0.15, 0.2) is 18.3 Å². The topological polar surface area (TPSA) is 20.5 Å². The number of halogens is 1. The molecule has 0 atom stereocenters. The lowest BCUT2D eigenvalue weighted by Gasteiger charge is -2.27. The Hall–Kier alpha value is -1.06. The van der Waals surface area contributed by atoms with Crippen molar-refractivity contribution in [2.45, 2.75) is 26.8 Å². The average Bonchev–Trinajstić information content (AvgIpc) is 2.66. The molecule has 0 fully saturated rings. The van der Waals surface area contributed by atoms with E-state index in [4.69, 9.17) is 11.6 Å². The second-order valence-electron chi connectivity index (χ2n) is 5.46. The number of fused-ring (bicyclic) bond motifs is 3. The van der Waals surface area contributed by atoms with Crippen LogP contribution in [-0.4, -0.2) is 27.4 Å². The zero-order valence-corrected chi connectivity index (χ0v) is 11.6. The molecule has 4 heteroatoms.